The Kier molecular flexibility index (Phi) is 6.05. The molecule has 0 aliphatic carbocycles. The third-order valence-electron chi connectivity index (χ3n) is 5.45. The summed E-state index contributed by atoms with van der Waals surface area (Å²) in [6, 6.07) is 0. The quantitative estimate of drug-likeness (QED) is 0.636. The summed E-state index contributed by atoms with van der Waals surface area (Å²) < 4.78 is 4.91. The Bertz CT molecular complexity index is 929. The van der Waals surface area contributed by atoms with Crippen LogP contribution in [0.3, 0.4) is 0 Å². The third-order valence-corrected chi connectivity index (χ3v) is 5.45. The molecule has 0 radical (unpaired) electrons. The van der Waals surface area contributed by atoms with Crippen LogP contribution in [0.5, 0.6) is 0 Å². The van der Waals surface area contributed by atoms with Crippen molar-refractivity contribution in [3.8, 4) is 0 Å². The van der Waals surface area contributed by atoms with E-state index in [9.17, 15) is 14.4 Å². The first-order valence-corrected chi connectivity index (χ1v) is 9.81. The number of carbonyl (C=O) groups excluding carboxylic acids is 3. The van der Waals surface area contributed by atoms with Crippen molar-refractivity contribution in [2.45, 2.75) is 45.4 Å². The number of piperidine rings is 1. The average molecular weight is 401 g/mol. The maximum Gasteiger partial charge on any atom is 0.339 e. The molecule has 0 aromatic carbocycles. The van der Waals surface area contributed by atoms with Gasteiger partial charge in [-0.15, -0.1) is 0 Å². The fraction of sp³-hybridized carbons (Fsp3) is 0.500. The minimum absolute atomic E-state index is 0.0524. The maximum absolute atomic E-state index is 13.3. The molecule has 1 fully saturated rings. The number of ether oxygens (including phenoxy) is 1. The highest BCUT2D eigenvalue weighted by molar-refractivity contribution is 6.00. The molecule has 1 aliphatic rings. The minimum Gasteiger partial charge on any atom is -0.465 e. The van der Waals surface area contributed by atoms with Crippen molar-refractivity contribution >= 4 is 17.8 Å². The summed E-state index contributed by atoms with van der Waals surface area (Å²) in [6.45, 7) is 4.81. The number of esters is 1. The first-order chi connectivity index (χ1) is 13.9. The van der Waals surface area contributed by atoms with E-state index in [0.717, 1.165) is 19.3 Å². The van der Waals surface area contributed by atoms with Crippen LogP contribution in [0.4, 0.5) is 0 Å². The van der Waals surface area contributed by atoms with E-state index < -0.39 is 11.9 Å². The van der Waals surface area contributed by atoms with Gasteiger partial charge in [-0.1, -0.05) is 13.3 Å². The van der Waals surface area contributed by atoms with Gasteiger partial charge < -0.3 is 20.4 Å². The molecule has 156 valence electrons. The summed E-state index contributed by atoms with van der Waals surface area (Å²) in [7, 11) is 1.34. The van der Waals surface area contributed by atoms with Crippen LogP contribution in [-0.4, -0.2) is 58.1 Å². The van der Waals surface area contributed by atoms with Crippen molar-refractivity contribution in [2.75, 3.05) is 20.2 Å². The van der Waals surface area contributed by atoms with Gasteiger partial charge in [-0.3, -0.25) is 14.7 Å². The predicted molar refractivity (Wildman–Crippen MR) is 106 cm³/mol. The Morgan fingerprint density at radius 2 is 2.14 bits per heavy atom. The molecule has 2 aromatic heterocycles. The van der Waals surface area contributed by atoms with Gasteiger partial charge in [0, 0.05) is 24.7 Å². The van der Waals surface area contributed by atoms with Crippen LogP contribution >= 0.6 is 0 Å². The van der Waals surface area contributed by atoms with E-state index in [0.29, 0.717) is 53.3 Å². The number of primary amides is 1. The van der Waals surface area contributed by atoms with E-state index in [2.05, 4.69) is 15.2 Å². The Labute approximate surface area is 169 Å². The van der Waals surface area contributed by atoms with Crippen molar-refractivity contribution < 1.29 is 19.1 Å². The molecule has 0 saturated carbocycles. The molecule has 1 atom stereocenters. The monoisotopic (exact) mass is 401 g/mol. The Balaban J connectivity index is 1.89. The number of aromatic nitrogens is 3. The molecule has 1 unspecified atom stereocenters. The molecule has 3 heterocycles. The number of aryl methyl sites for hydroxylation is 1. The zero-order valence-electron chi connectivity index (χ0n) is 17.0. The van der Waals surface area contributed by atoms with E-state index >= 15 is 0 Å². The number of nitrogens with two attached hydrogens (primary N) is 1. The van der Waals surface area contributed by atoms with Crippen LogP contribution in [0.1, 0.15) is 80.3 Å². The molecule has 2 amide bonds. The van der Waals surface area contributed by atoms with E-state index in [1.165, 1.54) is 13.3 Å². The molecule has 1 saturated heterocycles. The van der Waals surface area contributed by atoms with Crippen LogP contribution in [0, 0.1) is 6.92 Å². The van der Waals surface area contributed by atoms with Crippen LogP contribution in [0.2, 0.25) is 0 Å². The summed E-state index contributed by atoms with van der Waals surface area (Å²) in [5.74, 6) is -1.19. The molecule has 4 N–H and O–H groups in total. The number of rotatable bonds is 6. The molecule has 3 rings (SSSR count). The van der Waals surface area contributed by atoms with E-state index in [-0.39, 0.29) is 11.8 Å². The number of hydrogen-bond acceptors (Lipinski definition) is 5. The van der Waals surface area contributed by atoms with Gasteiger partial charge in [-0.25, -0.2) is 4.79 Å². The summed E-state index contributed by atoms with van der Waals surface area (Å²) in [5, 5.41) is 6.81. The van der Waals surface area contributed by atoms with Gasteiger partial charge in [-0.05, 0) is 31.7 Å². The van der Waals surface area contributed by atoms with Gasteiger partial charge in [0.15, 0.2) is 0 Å². The molecular formula is C20H27N5O4. The molecule has 29 heavy (non-hydrogen) atoms. The number of nitrogens with zero attached hydrogens (tertiary/aromatic N) is 2. The smallest absolute Gasteiger partial charge is 0.339 e. The molecule has 9 nitrogen and oxygen atoms in total. The molecule has 9 heteroatoms. The first-order valence-electron chi connectivity index (χ1n) is 9.81. The van der Waals surface area contributed by atoms with Crippen LogP contribution in [0.15, 0.2) is 6.20 Å². The first kappa shape index (κ1) is 20.6. The van der Waals surface area contributed by atoms with Crippen molar-refractivity contribution in [3.63, 3.8) is 0 Å². The Hall–Kier alpha value is -3.10. The van der Waals surface area contributed by atoms with Crippen LogP contribution in [-0.2, 0) is 11.2 Å². The van der Waals surface area contributed by atoms with Gasteiger partial charge in [0.25, 0.3) is 11.8 Å². The zero-order chi connectivity index (χ0) is 21.1. The van der Waals surface area contributed by atoms with Crippen molar-refractivity contribution in [1.29, 1.82) is 0 Å². The van der Waals surface area contributed by atoms with Gasteiger partial charge >= 0.3 is 5.97 Å². The minimum atomic E-state index is -0.537. The second-order valence-electron chi connectivity index (χ2n) is 7.37. The largest absolute Gasteiger partial charge is 0.465 e. The summed E-state index contributed by atoms with van der Waals surface area (Å²) in [6.07, 6.45) is 4.43. The number of amides is 2. The fourth-order valence-electron chi connectivity index (χ4n) is 4.10. The lowest BCUT2D eigenvalue weighted by Crippen LogP contribution is -2.40. The third kappa shape index (κ3) is 3.90. The van der Waals surface area contributed by atoms with E-state index in [1.54, 1.807) is 11.8 Å². The maximum atomic E-state index is 13.3. The Morgan fingerprint density at radius 3 is 2.79 bits per heavy atom. The van der Waals surface area contributed by atoms with Crippen molar-refractivity contribution in [3.05, 3.63) is 40.0 Å². The number of hydrogen-bond donors (Lipinski definition) is 3. The molecular weight excluding hydrogens is 374 g/mol. The number of nitrogens with one attached hydrogen (secondary N) is 2. The summed E-state index contributed by atoms with van der Waals surface area (Å²) in [4.78, 5) is 42.1. The number of H-pyrrole nitrogens is 2. The van der Waals surface area contributed by atoms with Gasteiger partial charge in [0.2, 0.25) is 0 Å². The zero-order valence-corrected chi connectivity index (χ0v) is 17.0. The average Bonchev–Trinajstić information content (AvgIpc) is 3.32. The van der Waals surface area contributed by atoms with Crippen molar-refractivity contribution in [2.24, 2.45) is 5.73 Å². The lowest BCUT2D eigenvalue weighted by atomic mass is 9.92. The number of aromatic amines is 2. The van der Waals surface area contributed by atoms with Gasteiger partial charge in [0.05, 0.1) is 30.1 Å². The Morgan fingerprint density at radius 1 is 1.38 bits per heavy atom. The lowest BCUT2D eigenvalue weighted by molar-refractivity contribution is 0.0598. The normalized spacial score (nSPS) is 16.7. The fourth-order valence-corrected chi connectivity index (χ4v) is 4.10. The van der Waals surface area contributed by atoms with E-state index in [4.69, 9.17) is 10.5 Å². The van der Waals surface area contributed by atoms with Gasteiger partial charge in [-0.2, -0.15) is 5.10 Å². The number of methoxy groups -OCH3 is 1. The highest BCUT2D eigenvalue weighted by Gasteiger charge is 2.32. The topological polar surface area (TPSA) is 134 Å². The lowest BCUT2D eigenvalue weighted by Gasteiger charge is -2.32. The molecule has 0 bridgehead atoms. The highest BCUT2D eigenvalue weighted by Crippen LogP contribution is 2.30. The molecule has 2 aromatic rings. The van der Waals surface area contributed by atoms with Gasteiger partial charge in [0.1, 0.15) is 5.69 Å². The van der Waals surface area contributed by atoms with Crippen LogP contribution < -0.4 is 5.73 Å². The van der Waals surface area contributed by atoms with Crippen molar-refractivity contribution in [1.82, 2.24) is 20.1 Å². The number of carbonyl (C=O) groups is 3. The molecule has 0 spiro atoms. The molecule has 1 aliphatic heterocycles. The van der Waals surface area contributed by atoms with E-state index in [1.807, 2.05) is 6.92 Å². The SMILES string of the molecule is CCCc1c(C(=O)N2CCCC(c3[nH]ncc3C(N)=O)C2)[nH]c(C)c1C(=O)OC. The second kappa shape index (κ2) is 8.50. The summed E-state index contributed by atoms with van der Waals surface area (Å²) >= 11 is 0. The predicted octanol–water partition coefficient (Wildman–Crippen LogP) is 1.90. The number of likely N-dealkylation sites (tertiary alicyclic amines) is 1. The highest BCUT2D eigenvalue weighted by atomic mass is 16.5. The standard InChI is InChI=1S/C20H27N5O4/c1-4-6-13-15(20(28)29-3)11(2)23-17(13)19(27)25-8-5-7-12(10-25)16-14(18(21)26)9-22-24-16/h9,12,23H,4-8,10H2,1-3H3,(H2,21,26)(H,22,24). The summed E-state index contributed by atoms with van der Waals surface area (Å²) in [5.41, 5.74) is 8.67. The van der Waals surface area contributed by atoms with Crippen LogP contribution in [0.25, 0.3) is 0 Å². The second-order valence-corrected chi connectivity index (χ2v) is 7.37.